The van der Waals surface area contributed by atoms with E-state index in [1.165, 1.54) is 6.20 Å². The minimum absolute atomic E-state index is 0.165. The number of hydrogen-bond acceptors (Lipinski definition) is 4. The van der Waals surface area contributed by atoms with Crippen molar-refractivity contribution in [3.8, 4) is 5.75 Å². The van der Waals surface area contributed by atoms with Gasteiger partial charge in [-0.05, 0) is 31.2 Å². The molecule has 7 nitrogen and oxygen atoms in total. The first kappa shape index (κ1) is 15.6. The Morgan fingerprint density at radius 2 is 2.00 bits per heavy atom. The van der Waals surface area contributed by atoms with E-state index in [0.29, 0.717) is 17.0 Å². The lowest BCUT2D eigenvalue weighted by Gasteiger charge is -2.07. The minimum Gasteiger partial charge on any atom is -0.493 e. The van der Waals surface area contributed by atoms with Crippen molar-refractivity contribution in [3.63, 3.8) is 0 Å². The van der Waals surface area contributed by atoms with Crippen molar-refractivity contribution in [2.45, 2.75) is 13.3 Å². The SMILES string of the molecule is Cc1c(C(=O)Nc2ccc(OCCC(N)=O)cc2)cnn1C. The van der Waals surface area contributed by atoms with E-state index >= 15 is 0 Å². The standard InChI is InChI=1S/C15H18N4O3/c1-10-13(9-17-19(10)2)15(21)18-11-3-5-12(6-4-11)22-8-7-14(16)20/h3-6,9H,7-8H2,1-2H3,(H2,16,20)(H,18,21). The number of carbonyl (C=O) groups is 2. The highest BCUT2D eigenvalue weighted by Crippen LogP contribution is 2.17. The number of ether oxygens (including phenoxy) is 1. The molecule has 1 aromatic carbocycles. The molecule has 7 heteroatoms. The number of amides is 2. The molecule has 0 bridgehead atoms. The highest BCUT2D eigenvalue weighted by atomic mass is 16.5. The molecule has 22 heavy (non-hydrogen) atoms. The van der Waals surface area contributed by atoms with Crippen molar-refractivity contribution >= 4 is 17.5 Å². The Morgan fingerprint density at radius 1 is 1.32 bits per heavy atom. The van der Waals surface area contributed by atoms with Crippen molar-refractivity contribution in [2.24, 2.45) is 12.8 Å². The van der Waals surface area contributed by atoms with E-state index in [-0.39, 0.29) is 18.9 Å². The molecule has 0 saturated carbocycles. The lowest BCUT2D eigenvalue weighted by molar-refractivity contribution is -0.118. The maximum atomic E-state index is 12.1. The molecule has 0 saturated heterocycles. The number of carbonyl (C=O) groups excluding carboxylic acids is 2. The van der Waals surface area contributed by atoms with Crippen molar-refractivity contribution in [1.29, 1.82) is 0 Å². The van der Waals surface area contributed by atoms with Crippen LogP contribution in [0.5, 0.6) is 5.75 Å². The van der Waals surface area contributed by atoms with Gasteiger partial charge in [-0.1, -0.05) is 0 Å². The van der Waals surface area contributed by atoms with Crippen LogP contribution in [0.4, 0.5) is 5.69 Å². The van der Waals surface area contributed by atoms with E-state index in [1.807, 2.05) is 6.92 Å². The fraction of sp³-hybridized carbons (Fsp3) is 0.267. The van der Waals surface area contributed by atoms with Gasteiger partial charge in [-0.2, -0.15) is 5.10 Å². The van der Waals surface area contributed by atoms with Gasteiger partial charge in [-0.15, -0.1) is 0 Å². The van der Waals surface area contributed by atoms with E-state index < -0.39 is 5.91 Å². The number of anilines is 1. The quantitative estimate of drug-likeness (QED) is 0.838. The number of benzene rings is 1. The zero-order valence-electron chi connectivity index (χ0n) is 12.5. The average Bonchev–Trinajstić information content (AvgIpc) is 2.80. The molecule has 2 aromatic rings. The maximum absolute atomic E-state index is 12.1. The molecule has 2 rings (SSSR count). The Hall–Kier alpha value is -2.83. The fourth-order valence-electron chi connectivity index (χ4n) is 1.82. The summed E-state index contributed by atoms with van der Waals surface area (Å²) in [5.74, 6) is -0.0134. The summed E-state index contributed by atoms with van der Waals surface area (Å²) < 4.78 is 7.00. The normalized spacial score (nSPS) is 10.3. The third kappa shape index (κ3) is 3.85. The van der Waals surface area contributed by atoms with Crippen LogP contribution in [0.25, 0.3) is 0 Å². The number of aryl methyl sites for hydroxylation is 1. The van der Waals surface area contributed by atoms with Crippen LogP contribution in [0.3, 0.4) is 0 Å². The van der Waals surface area contributed by atoms with E-state index in [1.54, 1.807) is 36.0 Å². The molecular formula is C15H18N4O3. The van der Waals surface area contributed by atoms with Crippen LogP contribution in [-0.4, -0.2) is 28.2 Å². The van der Waals surface area contributed by atoms with Crippen LogP contribution in [-0.2, 0) is 11.8 Å². The summed E-state index contributed by atoms with van der Waals surface area (Å²) in [5, 5.41) is 6.83. The maximum Gasteiger partial charge on any atom is 0.259 e. The summed E-state index contributed by atoms with van der Waals surface area (Å²) >= 11 is 0. The first-order valence-corrected chi connectivity index (χ1v) is 6.78. The molecule has 1 aromatic heterocycles. The Kier molecular flexibility index (Phi) is 4.77. The van der Waals surface area contributed by atoms with Crippen LogP contribution in [0.1, 0.15) is 22.5 Å². The molecule has 0 radical (unpaired) electrons. The number of primary amides is 1. The van der Waals surface area contributed by atoms with Crippen molar-refractivity contribution in [2.75, 3.05) is 11.9 Å². The van der Waals surface area contributed by atoms with Gasteiger partial charge in [0.2, 0.25) is 5.91 Å². The monoisotopic (exact) mass is 302 g/mol. The third-order valence-corrected chi connectivity index (χ3v) is 3.21. The minimum atomic E-state index is -0.407. The molecule has 1 heterocycles. The van der Waals surface area contributed by atoms with E-state index in [4.69, 9.17) is 10.5 Å². The lowest BCUT2D eigenvalue weighted by Crippen LogP contribution is -2.14. The second-order valence-electron chi connectivity index (χ2n) is 4.81. The van der Waals surface area contributed by atoms with Gasteiger partial charge in [0, 0.05) is 18.4 Å². The highest BCUT2D eigenvalue weighted by molar-refractivity contribution is 6.04. The topological polar surface area (TPSA) is 99.2 Å². The molecule has 0 aliphatic rings. The molecule has 0 atom stereocenters. The first-order valence-electron chi connectivity index (χ1n) is 6.78. The summed E-state index contributed by atoms with van der Waals surface area (Å²) in [6, 6.07) is 6.88. The summed E-state index contributed by atoms with van der Waals surface area (Å²) in [6.07, 6.45) is 1.70. The van der Waals surface area contributed by atoms with Crippen molar-refractivity contribution in [3.05, 3.63) is 41.7 Å². The summed E-state index contributed by atoms with van der Waals surface area (Å²) in [4.78, 5) is 22.7. The summed E-state index contributed by atoms with van der Waals surface area (Å²) in [5.41, 5.74) is 7.01. The second-order valence-corrected chi connectivity index (χ2v) is 4.81. The highest BCUT2D eigenvalue weighted by Gasteiger charge is 2.12. The predicted octanol–water partition coefficient (Wildman–Crippen LogP) is 1.24. The Balaban J connectivity index is 1.95. The van der Waals surface area contributed by atoms with E-state index in [2.05, 4.69) is 10.4 Å². The molecule has 3 N–H and O–H groups in total. The Bertz CT molecular complexity index is 677. The zero-order chi connectivity index (χ0) is 16.1. The van der Waals surface area contributed by atoms with Gasteiger partial charge >= 0.3 is 0 Å². The second kappa shape index (κ2) is 6.75. The molecule has 2 amide bonds. The van der Waals surface area contributed by atoms with Crippen molar-refractivity contribution in [1.82, 2.24) is 9.78 Å². The van der Waals surface area contributed by atoms with Crippen LogP contribution < -0.4 is 15.8 Å². The molecule has 0 unspecified atom stereocenters. The smallest absolute Gasteiger partial charge is 0.259 e. The predicted molar refractivity (Wildman–Crippen MR) is 81.6 cm³/mol. The lowest BCUT2D eigenvalue weighted by atomic mass is 10.2. The molecule has 116 valence electrons. The number of nitrogens with one attached hydrogen (secondary N) is 1. The first-order chi connectivity index (χ1) is 10.5. The number of aromatic nitrogens is 2. The van der Waals surface area contributed by atoms with Gasteiger partial charge in [0.05, 0.1) is 24.8 Å². The Morgan fingerprint density at radius 3 is 2.55 bits per heavy atom. The number of nitrogens with two attached hydrogens (primary N) is 1. The van der Waals surface area contributed by atoms with Gasteiger partial charge in [0.15, 0.2) is 0 Å². The van der Waals surface area contributed by atoms with E-state index in [9.17, 15) is 9.59 Å². The van der Waals surface area contributed by atoms with Crippen LogP contribution in [0, 0.1) is 6.92 Å². The molecular weight excluding hydrogens is 284 g/mol. The average molecular weight is 302 g/mol. The van der Waals surface area contributed by atoms with Crippen LogP contribution in [0.2, 0.25) is 0 Å². The number of rotatable bonds is 6. The van der Waals surface area contributed by atoms with Gasteiger partial charge in [0.25, 0.3) is 5.91 Å². The third-order valence-electron chi connectivity index (χ3n) is 3.21. The fourth-order valence-corrected chi connectivity index (χ4v) is 1.82. The molecule has 0 aliphatic heterocycles. The van der Waals surface area contributed by atoms with Crippen molar-refractivity contribution < 1.29 is 14.3 Å². The molecule has 0 aliphatic carbocycles. The van der Waals surface area contributed by atoms with Crippen LogP contribution >= 0.6 is 0 Å². The van der Waals surface area contributed by atoms with Gasteiger partial charge in [-0.3, -0.25) is 14.3 Å². The van der Waals surface area contributed by atoms with Crippen LogP contribution in [0.15, 0.2) is 30.5 Å². The molecule has 0 fully saturated rings. The van der Waals surface area contributed by atoms with Gasteiger partial charge in [-0.25, -0.2) is 0 Å². The van der Waals surface area contributed by atoms with Gasteiger partial charge < -0.3 is 15.8 Å². The zero-order valence-corrected chi connectivity index (χ0v) is 12.5. The van der Waals surface area contributed by atoms with Gasteiger partial charge in [0.1, 0.15) is 5.75 Å². The number of nitrogens with zero attached hydrogens (tertiary/aromatic N) is 2. The Labute approximate surface area is 128 Å². The largest absolute Gasteiger partial charge is 0.493 e. The van der Waals surface area contributed by atoms with E-state index in [0.717, 1.165) is 5.69 Å². The summed E-state index contributed by atoms with van der Waals surface area (Å²) in [7, 11) is 1.78. The molecule has 0 spiro atoms. The number of hydrogen-bond donors (Lipinski definition) is 2. The summed E-state index contributed by atoms with van der Waals surface area (Å²) in [6.45, 7) is 2.06.